The molecule has 0 aliphatic carbocycles. The van der Waals surface area contributed by atoms with Gasteiger partial charge in [0.2, 0.25) is 0 Å². The Labute approximate surface area is 74.7 Å². The van der Waals surface area contributed by atoms with E-state index in [-0.39, 0.29) is 0 Å². The van der Waals surface area contributed by atoms with Crippen molar-refractivity contribution in [2.24, 2.45) is 11.3 Å². The van der Waals surface area contributed by atoms with Gasteiger partial charge in [0, 0.05) is 0 Å². The van der Waals surface area contributed by atoms with Crippen LogP contribution in [0, 0.1) is 11.3 Å². The van der Waals surface area contributed by atoms with Crippen LogP contribution in [0.25, 0.3) is 0 Å². The minimum absolute atomic E-state index is 0.397. The molecule has 0 saturated carbocycles. The molecule has 0 amide bonds. The van der Waals surface area contributed by atoms with Crippen LogP contribution in [0.4, 0.5) is 13.2 Å². The van der Waals surface area contributed by atoms with Gasteiger partial charge in [0.25, 0.3) is 0 Å². The van der Waals surface area contributed by atoms with Gasteiger partial charge in [-0.3, -0.25) is 4.79 Å². The van der Waals surface area contributed by atoms with Crippen molar-refractivity contribution in [1.29, 1.82) is 0 Å². The van der Waals surface area contributed by atoms with Crippen LogP contribution in [0.2, 0.25) is 0 Å². The molecular formula is C8H13F3O2. The Morgan fingerprint density at radius 2 is 1.77 bits per heavy atom. The summed E-state index contributed by atoms with van der Waals surface area (Å²) in [7, 11) is 0. The monoisotopic (exact) mass is 198 g/mol. The fourth-order valence-corrected chi connectivity index (χ4v) is 0.969. The second-order valence-electron chi connectivity index (χ2n) is 3.84. The summed E-state index contributed by atoms with van der Waals surface area (Å²) in [5.74, 6) is -2.79. The highest BCUT2D eigenvalue weighted by Gasteiger charge is 2.41. The maximum absolute atomic E-state index is 12.0. The van der Waals surface area contributed by atoms with Gasteiger partial charge in [-0.2, -0.15) is 13.2 Å². The number of halogens is 3. The highest BCUT2D eigenvalue weighted by molar-refractivity contribution is 5.73. The molecule has 1 N–H and O–H groups in total. The summed E-state index contributed by atoms with van der Waals surface area (Å²) < 4.78 is 36.1. The van der Waals surface area contributed by atoms with Crippen LogP contribution in [0.5, 0.6) is 0 Å². The van der Waals surface area contributed by atoms with E-state index in [2.05, 4.69) is 0 Å². The summed E-state index contributed by atoms with van der Waals surface area (Å²) in [6.45, 7) is 3.57. The molecule has 1 unspecified atom stereocenters. The summed E-state index contributed by atoms with van der Waals surface area (Å²) in [5, 5.41) is 8.59. The average molecular weight is 198 g/mol. The minimum atomic E-state index is -4.31. The molecule has 0 fully saturated rings. The zero-order valence-electron chi connectivity index (χ0n) is 7.77. The van der Waals surface area contributed by atoms with Crippen LogP contribution < -0.4 is 0 Å². The van der Waals surface area contributed by atoms with Crippen LogP contribution in [-0.2, 0) is 4.79 Å². The van der Waals surface area contributed by atoms with E-state index in [0.29, 0.717) is 0 Å². The highest BCUT2D eigenvalue weighted by atomic mass is 19.4. The van der Waals surface area contributed by atoms with Crippen LogP contribution >= 0.6 is 0 Å². The second kappa shape index (κ2) is 3.55. The number of rotatable bonds is 3. The Kier molecular flexibility index (Phi) is 3.35. The van der Waals surface area contributed by atoms with Crippen LogP contribution in [0.15, 0.2) is 0 Å². The second-order valence-corrected chi connectivity index (χ2v) is 3.84. The predicted octanol–water partition coefficient (Wildman–Crippen LogP) is 2.69. The Bertz CT molecular complexity index is 196. The van der Waals surface area contributed by atoms with Crippen molar-refractivity contribution in [2.45, 2.75) is 33.4 Å². The van der Waals surface area contributed by atoms with Crippen LogP contribution in [0.3, 0.4) is 0 Å². The van der Waals surface area contributed by atoms with Crippen molar-refractivity contribution in [3.05, 3.63) is 0 Å². The topological polar surface area (TPSA) is 37.3 Å². The van der Waals surface area contributed by atoms with Gasteiger partial charge in [-0.05, 0) is 20.3 Å². The Hall–Kier alpha value is -0.740. The molecular weight excluding hydrogens is 185 g/mol. The fourth-order valence-electron chi connectivity index (χ4n) is 0.969. The Balaban J connectivity index is 4.37. The molecule has 0 spiro atoms. The lowest BCUT2D eigenvalue weighted by Crippen LogP contribution is -2.31. The lowest BCUT2D eigenvalue weighted by molar-refractivity contribution is -0.180. The van der Waals surface area contributed by atoms with E-state index in [4.69, 9.17) is 5.11 Å². The standard InChI is InChI=1S/C8H13F3O2/c1-5(8(9,10)11)4-7(2,3)6(12)13/h5H,4H2,1-3H3,(H,12,13). The van der Waals surface area contributed by atoms with Gasteiger partial charge in [-0.25, -0.2) is 0 Å². The molecule has 0 aliphatic heterocycles. The maximum Gasteiger partial charge on any atom is 0.391 e. The molecule has 78 valence electrons. The number of aliphatic carboxylic acids is 1. The number of hydrogen-bond acceptors (Lipinski definition) is 1. The van der Waals surface area contributed by atoms with Gasteiger partial charge >= 0.3 is 12.1 Å². The largest absolute Gasteiger partial charge is 0.481 e. The smallest absolute Gasteiger partial charge is 0.391 e. The van der Waals surface area contributed by atoms with Crippen molar-refractivity contribution in [2.75, 3.05) is 0 Å². The van der Waals surface area contributed by atoms with Gasteiger partial charge in [0.05, 0.1) is 11.3 Å². The third-order valence-electron chi connectivity index (χ3n) is 1.95. The summed E-state index contributed by atoms with van der Waals surface area (Å²) in [6, 6.07) is 0. The van der Waals surface area contributed by atoms with Crippen LogP contribution in [0.1, 0.15) is 27.2 Å². The number of carboxylic acid groups (broad SMARTS) is 1. The summed E-state index contributed by atoms with van der Waals surface area (Å²) in [6.07, 6.45) is -4.71. The lowest BCUT2D eigenvalue weighted by atomic mass is 9.83. The van der Waals surface area contributed by atoms with Crippen molar-refractivity contribution in [3.63, 3.8) is 0 Å². The molecule has 0 rings (SSSR count). The molecule has 0 aromatic heterocycles. The van der Waals surface area contributed by atoms with E-state index in [0.717, 1.165) is 6.92 Å². The van der Waals surface area contributed by atoms with Crippen molar-refractivity contribution in [1.82, 2.24) is 0 Å². The zero-order valence-corrected chi connectivity index (χ0v) is 7.77. The Morgan fingerprint density at radius 3 is 2.00 bits per heavy atom. The molecule has 13 heavy (non-hydrogen) atoms. The first-order valence-corrected chi connectivity index (χ1v) is 3.87. The summed E-state index contributed by atoms with van der Waals surface area (Å²) in [4.78, 5) is 10.5. The van der Waals surface area contributed by atoms with Gasteiger partial charge in [-0.15, -0.1) is 0 Å². The van der Waals surface area contributed by atoms with Crippen LogP contribution in [-0.4, -0.2) is 17.3 Å². The Morgan fingerprint density at radius 1 is 1.38 bits per heavy atom. The summed E-state index contributed by atoms with van der Waals surface area (Å²) >= 11 is 0. The van der Waals surface area contributed by atoms with E-state index in [1.807, 2.05) is 0 Å². The number of hydrogen-bond donors (Lipinski definition) is 1. The normalized spacial score (nSPS) is 15.5. The van der Waals surface area contributed by atoms with Crippen molar-refractivity contribution >= 4 is 5.97 Å². The average Bonchev–Trinajstić information content (AvgIpc) is 1.83. The molecule has 2 nitrogen and oxygen atoms in total. The molecule has 0 aliphatic rings. The molecule has 0 heterocycles. The lowest BCUT2D eigenvalue weighted by Gasteiger charge is -2.24. The van der Waals surface area contributed by atoms with Gasteiger partial charge < -0.3 is 5.11 Å². The van der Waals surface area contributed by atoms with Crippen molar-refractivity contribution < 1.29 is 23.1 Å². The fraction of sp³-hybridized carbons (Fsp3) is 0.875. The number of carbonyl (C=O) groups is 1. The minimum Gasteiger partial charge on any atom is -0.481 e. The zero-order chi connectivity index (χ0) is 10.9. The van der Waals surface area contributed by atoms with Crippen molar-refractivity contribution in [3.8, 4) is 0 Å². The molecule has 0 aromatic rings. The quantitative estimate of drug-likeness (QED) is 0.756. The molecule has 5 heteroatoms. The van der Waals surface area contributed by atoms with E-state index in [1.165, 1.54) is 13.8 Å². The summed E-state index contributed by atoms with van der Waals surface area (Å²) in [5.41, 5.74) is -1.32. The molecule has 0 bridgehead atoms. The predicted molar refractivity (Wildman–Crippen MR) is 41.3 cm³/mol. The molecule has 0 radical (unpaired) electrons. The first kappa shape index (κ1) is 12.3. The molecule has 0 saturated heterocycles. The van der Waals surface area contributed by atoms with Gasteiger partial charge in [0.15, 0.2) is 0 Å². The third kappa shape index (κ3) is 3.65. The van der Waals surface area contributed by atoms with E-state index >= 15 is 0 Å². The number of alkyl halides is 3. The first-order chi connectivity index (χ1) is 5.57. The first-order valence-electron chi connectivity index (χ1n) is 3.87. The van der Waals surface area contributed by atoms with E-state index in [9.17, 15) is 18.0 Å². The SMILES string of the molecule is CC(CC(C)(C)C(=O)O)C(F)(F)F. The molecule has 0 aromatic carbocycles. The van der Waals surface area contributed by atoms with Gasteiger partial charge in [-0.1, -0.05) is 6.92 Å². The van der Waals surface area contributed by atoms with E-state index < -0.39 is 29.9 Å². The molecule has 1 atom stereocenters. The van der Waals surface area contributed by atoms with E-state index in [1.54, 1.807) is 0 Å². The highest BCUT2D eigenvalue weighted by Crippen LogP contribution is 2.35. The third-order valence-corrected chi connectivity index (χ3v) is 1.95. The van der Waals surface area contributed by atoms with Gasteiger partial charge in [0.1, 0.15) is 0 Å². The number of carboxylic acids is 1. The maximum atomic E-state index is 12.0.